The van der Waals surface area contributed by atoms with Crippen molar-refractivity contribution in [2.75, 3.05) is 19.5 Å². The summed E-state index contributed by atoms with van der Waals surface area (Å²) < 4.78 is 16.9. The Bertz CT molecular complexity index is 1160. The maximum Gasteiger partial charge on any atom is 0.405 e. The molecule has 1 heterocycles. The summed E-state index contributed by atoms with van der Waals surface area (Å²) in [7, 11) is 3.07. The number of primary amides is 1. The minimum absolute atomic E-state index is 0.0972. The number of hydrogen-bond acceptors (Lipinski definition) is 8. The number of carbonyl (C=O) groups is 3. The van der Waals surface area contributed by atoms with Crippen LogP contribution in [0.1, 0.15) is 51.4 Å². The number of methoxy groups -OCH3 is 2. The first kappa shape index (κ1) is 31.6. The molecule has 1 aliphatic heterocycles. The van der Waals surface area contributed by atoms with Crippen LogP contribution in [0.3, 0.4) is 0 Å². The van der Waals surface area contributed by atoms with Crippen LogP contribution in [-0.2, 0) is 19.0 Å². The van der Waals surface area contributed by atoms with Crippen LogP contribution >= 0.6 is 0 Å². The number of nitrogens with one attached hydrogen (secondary N) is 1. The normalized spacial score (nSPS) is 27.4. The van der Waals surface area contributed by atoms with Crippen LogP contribution in [0.4, 0.5) is 10.5 Å². The monoisotopic (exact) mass is 544 g/mol. The Morgan fingerprint density at radius 3 is 2.31 bits per heavy atom. The fourth-order valence-electron chi connectivity index (χ4n) is 4.81. The maximum atomic E-state index is 13.4. The van der Waals surface area contributed by atoms with Gasteiger partial charge in [-0.2, -0.15) is 0 Å². The van der Waals surface area contributed by atoms with Gasteiger partial charge in [-0.1, -0.05) is 45.1 Å². The largest absolute Gasteiger partial charge is 0.508 e. The molecule has 0 unspecified atom stereocenters. The highest BCUT2D eigenvalue weighted by Crippen LogP contribution is 2.35. The molecule has 1 aromatic carbocycles. The molecule has 0 aromatic heterocycles. The molecule has 10 heteroatoms. The van der Waals surface area contributed by atoms with E-state index in [1.54, 1.807) is 39.2 Å². The van der Waals surface area contributed by atoms with Gasteiger partial charge in [0.2, 0.25) is 0 Å². The molecule has 1 aliphatic rings. The first-order valence-electron chi connectivity index (χ1n) is 12.8. The summed E-state index contributed by atoms with van der Waals surface area (Å²) in [6.07, 6.45) is 4.56. The molecule has 6 atom stereocenters. The number of rotatable bonds is 3. The Morgan fingerprint density at radius 2 is 1.72 bits per heavy atom. The molecule has 5 N–H and O–H groups in total. The van der Waals surface area contributed by atoms with Crippen molar-refractivity contribution in [1.82, 2.24) is 0 Å². The summed E-state index contributed by atoms with van der Waals surface area (Å²) in [6.45, 7) is 8.86. The number of amides is 2. The van der Waals surface area contributed by atoms with Crippen molar-refractivity contribution < 1.29 is 38.8 Å². The van der Waals surface area contributed by atoms with E-state index in [1.165, 1.54) is 19.2 Å². The lowest BCUT2D eigenvalue weighted by atomic mass is 9.86. The number of anilines is 1. The van der Waals surface area contributed by atoms with E-state index in [0.717, 1.165) is 5.57 Å². The summed E-state index contributed by atoms with van der Waals surface area (Å²) >= 11 is 0. The predicted octanol–water partition coefficient (Wildman–Crippen LogP) is 4.47. The number of phenols is 2. The molecular weight excluding hydrogens is 504 g/mol. The zero-order valence-electron chi connectivity index (χ0n) is 23.6. The van der Waals surface area contributed by atoms with Crippen molar-refractivity contribution in [3.63, 3.8) is 0 Å². The van der Waals surface area contributed by atoms with Gasteiger partial charge < -0.3 is 35.5 Å². The van der Waals surface area contributed by atoms with Crippen LogP contribution in [0.5, 0.6) is 11.5 Å². The summed E-state index contributed by atoms with van der Waals surface area (Å²) in [6, 6.07) is 2.34. The molecule has 0 spiro atoms. The summed E-state index contributed by atoms with van der Waals surface area (Å²) in [4.78, 5) is 37.8. The highest BCUT2D eigenvalue weighted by atomic mass is 16.6. The van der Waals surface area contributed by atoms with Gasteiger partial charge in [0.15, 0.2) is 5.78 Å². The minimum atomic E-state index is -0.916. The van der Waals surface area contributed by atoms with Crippen molar-refractivity contribution in [2.24, 2.45) is 23.5 Å². The van der Waals surface area contributed by atoms with Crippen LogP contribution in [0.2, 0.25) is 0 Å². The molecule has 0 radical (unpaired) electrons. The Hall–Kier alpha value is -3.63. The lowest BCUT2D eigenvalue weighted by Crippen LogP contribution is -2.37. The number of aromatic hydroxyl groups is 2. The van der Waals surface area contributed by atoms with Gasteiger partial charge in [-0.3, -0.25) is 9.59 Å². The average Bonchev–Trinajstić information content (AvgIpc) is 2.87. The summed E-state index contributed by atoms with van der Waals surface area (Å²) in [5.41, 5.74) is 6.17. The van der Waals surface area contributed by atoms with E-state index in [1.807, 2.05) is 26.8 Å². The molecule has 0 saturated heterocycles. The van der Waals surface area contributed by atoms with Crippen LogP contribution in [0.15, 0.2) is 47.6 Å². The van der Waals surface area contributed by atoms with E-state index < -0.39 is 47.8 Å². The number of nitrogens with two attached hydrogens (primary N) is 1. The van der Waals surface area contributed by atoms with E-state index in [9.17, 15) is 24.6 Å². The van der Waals surface area contributed by atoms with Crippen LogP contribution in [-0.4, -0.2) is 60.5 Å². The second-order valence-electron chi connectivity index (χ2n) is 10.0. The molecule has 0 fully saturated rings. The molecular formula is C29H40N2O8. The van der Waals surface area contributed by atoms with E-state index in [4.69, 9.17) is 19.9 Å². The zero-order valence-corrected chi connectivity index (χ0v) is 23.6. The van der Waals surface area contributed by atoms with Gasteiger partial charge in [-0.05, 0) is 31.9 Å². The number of Topliss-reactive ketones (excluding diaryl/α,β-unsaturated/α-hetero) is 1. The minimum Gasteiger partial charge on any atom is -0.508 e. The fourth-order valence-corrected chi connectivity index (χ4v) is 4.81. The molecule has 10 nitrogen and oxygen atoms in total. The summed E-state index contributed by atoms with van der Waals surface area (Å²) in [5.74, 6) is -2.87. The first-order valence-corrected chi connectivity index (χ1v) is 12.8. The third-order valence-electron chi connectivity index (χ3n) is 6.92. The van der Waals surface area contributed by atoms with E-state index >= 15 is 0 Å². The fraction of sp³-hybridized carbons (Fsp3) is 0.483. The topological polar surface area (TPSA) is 157 Å². The number of hydrogen-bond donors (Lipinski definition) is 4. The van der Waals surface area contributed by atoms with Gasteiger partial charge in [-0.25, -0.2) is 4.79 Å². The van der Waals surface area contributed by atoms with Gasteiger partial charge in [0, 0.05) is 43.6 Å². The molecule has 2 rings (SSSR count). The van der Waals surface area contributed by atoms with Crippen molar-refractivity contribution in [2.45, 2.75) is 59.4 Å². The van der Waals surface area contributed by atoms with Crippen LogP contribution in [0.25, 0.3) is 0 Å². The Kier molecular flexibility index (Phi) is 11.3. The smallest absolute Gasteiger partial charge is 0.405 e. The van der Waals surface area contributed by atoms with Crippen molar-refractivity contribution >= 4 is 23.5 Å². The average molecular weight is 545 g/mol. The summed E-state index contributed by atoms with van der Waals surface area (Å²) in [5, 5.41) is 23.6. The quantitative estimate of drug-likeness (QED) is 0.246. The second-order valence-corrected chi connectivity index (χ2v) is 10.0. The highest BCUT2D eigenvalue weighted by molar-refractivity contribution is 6.07. The van der Waals surface area contributed by atoms with Crippen LogP contribution in [0, 0.1) is 17.8 Å². The predicted molar refractivity (Wildman–Crippen MR) is 148 cm³/mol. The SMILES string of the molecule is CO[C@H]1[C@@H](OC)C[C@H](C)C(=O)c2cc(O)cc(c2O)NC(=O)C(C)=CC=C[C@H](C)[C@@H](OC(N)=O)C(C)=C[C@@H]1C. The van der Waals surface area contributed by atoms with Gasteiger partial charge >= 0.3 is 6.09 Å². The lowest BCUT2D eigenvalue weighted by Gasteiger charge is -2.31. The standard InChI is InChI=1S/C29H40N2O8/c1-15-9-8-10-16(2)28(35)31-22-14-20(32)13-21(25(22)34)24(33)17(3)12-23(37-6)27(38-7)19(5)11-18(4)26(15)39-29(30)36/h8-11,13-15,17,19,23,26-27,32,34H,12H2,1-7H3,(H2,30,36)(H,31,35)/t15-,17-,19-,23-,26+,27+/m0/s1. The third kappa shape index (κ3) is 8.18. The van der Waals surface area contributed by atoms with E-state index in [2.05, 4.69) is 5.32 Å². The highest BCUT2D eigenvalue weighted by Gasteiger charge is 2.32. The maximum absolute atomic E-state index is 13.4. The number of benzene rings is 1. The lowest BCUT2D eigenvalue weighted by molar-refractivity contribution is -0.112. The van der Waals surface area contributed by atoms with Crippen molar-refractivity contribution in [3.8, 4) is 11.5 Å². The van der Waals surface area contributed by atoms with Crippen LogP contribution < -0.4 is 11.1 Å². The molecule has 2 bridgehead atoms. The van der Waals surface area contributed by atoms with Crippen molar-refractivity contribution in [3.05, 3.63) is 53.1 Å². The Balaban J connectivity index is 2.64. The van der Waals surface area contributed by atoms with E-state index in [-0.39, 0.29) is 35.3 Å². The number of allylic oxidation sites excluding steroid dienone is 2. The third-order valence-corrected chi connectivity index (χ3v) is 6.92. The first-order chi connectivity index (χ1) is 18.3. The Labute approximate surface area is 229 Å². The number of carbonyl (C=O) groups excluding carboxylic acids is 3. The second kappa shape index (κ2) is 14.0. The molecule has 2 amide bonds. The van der Waals surface area contributed by atoms with E-state index in [0.29, 0.717) is 5.57 Å². The van der Waals surface area contributed by atoms with Crippen molar-refractivity contribution in [1.29, 1.82) is 0 Å². The zero-order chi connectivity index (χ0) is 29.4. The Morgan fingerprint density at radius 1 is 1.05 bits per heavy atom. The van der Waals surface area contributed by atoms with Gasteiger partial charge in [0.05, 0.1) is 23.5 Å². The van der Waals surface area contributed by atoms with Gasteiger partial charge in [0.1, 0.15) is 17.6 Å². The molecule has 0 aliphatic carbocycles. The molecule has 0 saturated carbocycles. The number of fused-ring (bicyclic) bond motifs is 2. The molecule has 214 valence electrons. The number of ketones is 1. The number of phenolic OH excluding ortho intramolecular Hbond substituents is 2. The van der Waals surface area contributed by atoms with Gasteiger partial charge in [0.25, 0.3) is 5.91 Å². The number of ether oxygens (including phenoxy) is 3. The molecule has 1 aromatic rings. The van der Waals surface area contributed by atoms with Gasteiger partial charge in [-0.15, -0.1) is 0 Å². The molecule has 39 heavy (non-hydrogen) atoms.